The maximum atomic E-state index is 12.9. The normalized spacial score (nSPS) is 19.8. The molecule has 3 heterocycles. The van der Waals surface area contributed by atoms with E-state index in [4.69, 9.17) is 25.9 Å². The van der Waals surface area contributed by atoms with Gasteiger partial charge in [0.1, 0.15) is 0 Å². The second-order valence-corrected chi connectivity index (χ2v) is 7.61. The zero-order valence-corrected chi connectivity index (χ0v) is 15.9. The van der Waals surface area contributed by atoms with E-state index in [1.807, 2.05) is 41.3 Å². The van der Waals surface area contributed by atoms with E-state index in [0.717, 1.165) is 45.3 Å². The molecule has 28 heavy (non-hydrogen) atoms. The Morgan fingerprint density at radius 2 is 2.11 bits per heavy atom. The van der Waals surface area contributed by atoms with Crippen molar-refractivity contribution in [1.29, 1.82) is 0 Å². The molecule has 0 saturated heterocycles. The van der Waals surface area contributed by atoms with Crippen molar-refractivity contribution in [1.82, 2.24) is 4.90 Å². The molecule has 5 rings (SSSR count). The highest BCUT2D eigenvalue weighted by Gasteiger charge is 2.33. The number of oxime groups is 1. The van der Waals surface area contributed by atoms with Crippen LogP contribution in [-0.4, -0.2) is 36.0 Å². The summed E-state index contributed by atoms with van der Waals surface area (Å²) >= 11 is 6.26. The molecule has 6 nitrogen and oxygen atoms in total. The third-order valence-electron chi connectivity index (χ3n) is 5.37. The van der Waals surface area contributed by atoms with E-state index >= 15 is 0 Å². The second kappa shape index (κ2) is 7.02. The summed E-state index contributed by atoms with van der Waals surface area (Å²) in [6.07, 6.45) is 1.34. The number of ether oxygens (including phenoxy) is 2. The van der Waals surface area contributed by atoms with E-state index < -0.39 is 6.10 Å². The first-order valence-corrected chi connectivity index (χ1v) is 9.70. The van der Waals surface area contributed by atoms with Crippen LogP contribution in [0.1, 0.15) is 23.1 Å². The van der Waals surface area contributed by atoms with Crippen molar-refractivity contribution in [2.45, 2.75) is 31.9 Å². The number of halogens is 1. The number of fused-ring (bicyclic) bond motifs is 2. The summed E-state index contributed by atoms with van der Waals surface area (Å²) in [6, 6.07) is 11.7. The molecular weight excluding hydrogens is 380 g/mol. The fraction of sp³-hybridized carbons (Fsp3) is 0.333. The van der Waals surface area contributed by atoms with Crippen LogP contribution in [-0.2, 0) is 29.0 Å². The molecule has 1 unspecified atom stereocenters. The molecule has 3 aliphatic heterocycles. The molecule has 2 aromatic rings. The Bertz CT molecular complexity index is 975. The molecule has 1 atom stereocenters. The van der Waals surface area contributed by atoms with Crippen molar-refractivity contribution in [3.05, 3.63) is 58.1 Å². The SMILES string of the molecule is O=C(C1CC(Cc2ccc3c(c2)OCO3)=NO1)N1CCc2c(Cl)cccc2C1. The molecule has 0 aromatic heterocycles. The number of rotatable bonds is 3. The third-order valence-corrected chi connectivity index (χ3v) is 5.73. The maximum absolute atomic E-state index is 12.9. The molecule has 3 aliphatic rings. The van der Waals surface area contributed by atoms with Crippen molar-refractivity contribution in [2.75, 3.05) is 13.3 Å². The van der Waals surface area contributed by atoms with Crippen LogP contribution in [0, 0.1) is 0 Å². The van der Waals surface area contributed by atoms with Gasteiger partial charge in [-0.25, -0.2) is 0 Å². The highest BCUT2D eigenvalue weighted by atomic mass is 35.5. The summed E-state index contributed by atoms with van der Waals surface area (Å²) in [5.41, 5.74) is 4.16. The Hall–Kier alpha value is -2.73. The zero-order valence-electron chi connectivity index (χ0n) is 15.2. The van der Waals surface area contributed by atoms with E-state index in [1.165, 1.54) is 0 Å². The number of hydrogen-bond acceptors (Lipinski definition) is 5. The Morgan fingerprint density at radius 1 is 1.21 bits per heavy atom. The summed E-state index contributed by atoms with van der Waals surface area (Å²) in [6.45, 7) is 1.46. The zero-order chi connectivity index (χ0) is 19.1. The number of carbonyl (C=O) groups excluding carboxylic acids is 1. The van der Waals surface area contributed by atoms with Crippen LogP contribution >= 0.6 is 11.6 Å². The summed E-state index contributed by atoms with van der Waals surface area (Å²) in [4.78, 5) is 20.2. The smallest absolute Gasteiger partial charge is 0.267 e. The summed E-state index contributed by atoms with van der Waals surface area (Å²) < 4.78 is 10.8. The summed E-state index contributed by atoms with van der Waals surface area (Å²) in [5, 5.41) is 4.93. The monoisotopic (exact) mass is 398 g/mol. The molecule has 144 valence electrons. The number of benzene rings is 2. The molecule has 0 fully saturated rings. The van der Waals surface area contributed by atoms with Crippen LogP contribution in [0.15, 0.2) is 41.6 Å². The minimum absolute atomic E-state index is 0.0185. The molecular formula is C21H19ClN2O4. The van der Waals surface area contributed by atoms with E-state index in [-0.39, 0.29) is 12.7 Å². The predicted octanol–water partition coefficient (Wildman–Crippen LogP) is 3.34. The third kappa shape index (κ3) is 3.18. The lowest BCUT2D eigenvalue weighted by molar-refractivity contribution is -0.143. The quantitative estimate of drug-likeness (QED) is 0.795. The number of amides is 1. The van der Waals surface area contributed by atoms with Gasteiger partial charge in [-0.15, -0.1) is 0 Å². The van der Waals surface area contributed by atoms with Gasteiger partial charge in [0.05, 0.1) is 5.71 Å². The lowest BCUT2D eigenvalue weighted by Gasteiger charge is -2.30. The van der Waals surface area contributed by atoms with Crippen LogP contribution in [0.25, 0.3) is 0 Å². The molecule has 1 amide bonds. The molecule has 0 radical (unpaired) electrons. The van der Waals surface area contributed by atoms with Gasteiger partial charge in [0.25, 0.3) is 5.91 Å². The first-order chi connectivity index (χ1) is 13.7. The van der Waals surface area contributed by atoms with Crippen molar-refractivity contribution in [3.8, 4) is 11.5 Å². The topological polar surface area (TPSA) is 60.4 Å². The van der Waals surface area contributed by atoms with Gasteiger partial charge in [0.2, 0.25) is 12.9 Å². The van der Waals surface area contributed by atoms with Gasteiger partial charge in [-0.2, -0.15) is 0 Å². The predicted molar refractivity (Wildman–Crippen MR) is 104 cm³/mol. The molecule has 2 aromatic carbocycles. The van der Waals surface area contributed by atoms with E-state index in [2.05, 4.69) is 5.16 Å². The average Bonchev–Trinajstić information content (AvgIpc) is 3.36. The van der Waals surface area contributed by atoms with E-state index in [1.54, 1.807) is 0 Å². The Labute approximate surface area is 167 Å². The molecule has 0 aliphatic carbocycles. The maximum Gasteiger partial charge on any atom is 0.267 e. The van der Waals surface area contributed by atoms with Gasteiger partial charge in [-0.1, -0.05) is 35.0 Å². The van der Waals surface area contributed by atoms with Gasteiger partial charge in [0.15, 0.2) is 11.5 Å². The lowest BCUT2D eigenvalue weighted by atomic mass is 9.98. The Balaban J connectivity index is 1.21. The van der Waals surface area contributed by atoms with Gasteiger partial charge in [0, 0.05) is 31.0 Å². The van der Waals surface area contributed by atoms with Gasteiger partial charge in [-0.3, -0.25) is 4.79 Å². The van der Waals surface area contributed by atoms with Crippen LogP contribution in [0.4, 0.5) is 0 Å². The van der Waals surface area contributed by atoms with E-state index in [9.17, 15) is 4.79 Å². The minimum Gasteiger partial charge on any atom is -0.454 e. The van der Waals surface area contributed by atoms with Crippen molar-refractivity contribution < 1.29 is 19.1 Å². The first kappa shape index (κ1) is 17.4. The Kier molecular flexibility index (Phi) is 4.36. The van der Waals surface area contributed by atoms with Crippen molar-refractivity contribution in [3.63, 3.8) is 0 Å². The van der Waals surface area contributed by atoms with Crippen molar-refractivity contribution in [2.24, 2.45) is 5.16 Å². The first-order valence-electron chi connectivity index (χ1n) is 9.32. The van der Waals surface area contributed by atoms with Crippen LogP contribution in [0.3, 0.4) is 0 Å². The lowest BCUT2D eigenvalue weighted by Crippen LogP contribution is -2.42. The highest BCUT2D eigenvalue weighted by molar-refractivity contribution is 6.31. The van der Waals surface area contributed by atoms with Gasteiger partial charge in [-0.05, 0) is 41.3 Å². The minimum atomic E-state index is -0.551. The highest BCUT2D eigenvalue weighted by Crippen LogP contribution is 2.33. The fourth-order valence-corrected chi connectivity index (χ4v) is 4.19. The van der Waals surface area contributed by atoms with Crippen LogP contribution in [0.5, 0.6) is 11.5 Å². The average molecular weight is 399 g/mol. The van der Waals surface area contributed by atoms with Gasteiger partial charge >= 0.3 is 0 Å². The van der Waals surface area contributed by atoms with E-state index in [0.29, 0.717) is 25.9 Å². The number of hydrogen-bond donors (Lipinski definition) is 0. The van der Waals surface area contributed by atoms with Crippen LogP contribution in [0.2, 0.25) is 5.02 Å². The number of carbonyl (C=O) groups is 1. The largest absolute Gasteiger partial charge is 0.454 e. The molecule has 0 N–H and O–H groups in total. The molecule has 0 saturated carbocycles. The van der Waals surface area contributed by atoms with Gasteiger partial charge < -0.3 is 19.2 Å². The van der Waals surface area contributed by atoms with Crippen LogP contribution < -0.4 is 9.47 Å². The standard InChI is InChI=1S/C21H19ClN2O4/c22-17-3-1-2-14-11-24(7-6-16(14)17)21(25)20-10-15(23-28-20)8-13-4-5-18-19(9-13)27-12-26-18/h1-5,9,20H,6-8,10-12H2. The molecule has 0 spiro atoms. The Morgan fingerprint density at radius 3 is 3.04 bits per heavy atom. The van der Waals surface area contributed by atoms with Crippen molar-refractivity contribution >= 4 is 23.2 Å². The summed E-state index contributed by atoms with van der Waals surface area (Å²) in [7, 11) is 0. The fourth-order valence-electron chi connectivity index (χ4n) is 3.90. The molecule has 7 heteroatoms. The second-order valence-electron chi connectivity index (χ2n) is 7.21. The summed E-state index contributed by atoms with van der Waals surface area (Å²) in [5.74, 6) is 1.48. The molecule has 0 bridgehead atoms. The number of nitrogens with zero attached hydrogens (tertiary/aromatic N) is 2.